The zero-order valence-corrected chi connectivity index (χ0v) is 30.9. The van der Waals surface area contributed by atoms with Crippen molar-refractivity contribution in [2.45, 2.75) is 167 Å². The number of phosphoric ester groups is 1. The summed E-state index contributed by atoms with van der Waals surface area (Å²) in [6.07, 6.45) is 40.1. The molecule has 0 aliphatic heterocycles. The van der Waals surface area contributed by atoms with Gasteiger partial charge in [-0.05, 0) is 51.4 Å². The van der Waals surface area contributed by atoms with Crippen LogP contribution in [0.15, 0.2) is 48.6 Å². The first-order chi connectivity index (χ1) is 22.9. The molecule has 9 heteroatoms. The Hall–Kier alpha value is -1.54. The fraction of sp³-hybridized carbons (Fsp3) is 0.763. The molecule has 8 nitrogen and oxygen atoms in total. The van der Waals surface area contributed by atoms with E-state index in [1.165, 1.54) is 64.2 Å². The Labute approximate surface area is 288 Å². The highest BCUT2D eigenvalue weighted by molar-refractivity contribution is 7.47. The number of amides is 1. The summed E-state index contributed by atoms with van der Waals surface area (Å²) in [6, 6.07) is -0.864. The Balaban J connectivity index is 4.31. The first-order valence-electron chi connectivity index (χ1n) is 18.8. The van der Waals surface area contributed by atoms with E-state index < -0.39 is 20.0 Å². The van der Waals surface area contributed by atoms with Gasteiger partial charge in [0.05, 0.1) is 25.4 Å². The van der Waals surface area contributed by atoms with Gasteiger partial charge in [-0.1, -0.05) is 146 Å². The predicted molar refractivity (Wildman–Crippen MR) is 198 cm³/mol. The molecule has 0 saturated heterocycles. The van der Waals surface area contributed by atoms with Crippen LogP contribution in [0.25, 0.3) is 0 Å². The molecule has 5 N–H and O–H groups in total. The van der Waals surface area contributed by atoms with Gasteiger partial charge in [0, 0.05) is 13.0 Å². The fourth-order valence-corrected chi connectivity index (χ4v) is 5.84. The lowest BCUT2D eigenvalue weighted by atomic mass is 10.1. The van der Waals surface area contributed by atoms with Crippen LogP contribution >= 0.6 is 7.82 Å². The van der Waals surface area contributed by atoms with Crippen molar-refractivity contribution in [3.05, 3.63) is 48.6 Å². The van der Waals surface area contributed by atoms with Crippen LogP contribution in [-0.2, 0) is 18.4 Å². The number of carbonyl (C=O) groups excluding carboxylic acids is 1. The Kier molecular flexibility index (Phi) is 33.2. The Morgan fingerprint density at radius 3 is 1.81 bits per heavy atom. The number of hydrogen-bond donors (Lipinski definition) is 4. The van der Waals surface area contributed by atoms with Crippen LogP contribution in [0.3, 0.4) is 0 Å². The van der Waals surface area contributed by atoms with E-state index in [1.807, 2.05) is 6.08 Å². The lowest BCUT2D eigenvalue weighted by Gasteiger charge is -2.23. The van der Waals surface area contributed by atoms with Gasteiger partial charge < -0.3 is 21.1 Å². The Morgan fingerprint density at radius 2 is 1.23 bits per heavy atom. The largest absolute Gasteiger partial charge is 0.472 e. The molecule has 3 unspecified atom stereocenters. The number of aliphatic hydroxyl groups is 1. The highest BCUT2D eigenvalue weighted by Gasteiger charge is 2.26. The number of nitrogens with two attached hydrogens (primary N) is 1. The average Bonchev–Trinajstić information content (AvgIpc) is 3.05. The molecule has 0 radical (unpaired) electrons. The number of aliphatic hydroxyl groups excluding tert-OH is 1. The summed E-state index contributed by atoms with van der Waals surface area (Å²) in [4.78, 5) is 22.6. The maximum absolute atomic E-state index is 12.7. The topological polar surface area (TPSA) is 131 Å². The summed E-state index contributed by atoms with van der Waals surface area (Å²) >= 11 is 0. The van der Waals surface area contributed by atoms with Crippen LogP contribution in [0.2, 0.25) is 0 Å². The van der Waals surface area contributed by atoms with E-state index in [0.717, 1.165) is 70.6 Å². The predicted octanol–water partition coefficient (Wildman–Crippen LogP) is 9.77. The van der Waals surface area contributed by atoms with Gasteiger partial charge in [0.2, 0.25) is 5.91 Å². The lowest BCUT2D eigenvalue weighted by Crippen LogP contribution is -2.45. The van der Waals surface area contributed by atoms with Crippen LogP contribution in [0.1, 0.15) is 155 Å². The summed E-state index contributed by atoms with van der Waals surface area (Å²) in [5.74, 6) is -0.209. The molecule has 0 aromatic rings. The highest BCUT2D eigenvalue weighted by atomic mass is 31.2. The monoisotopic (exact) mass is 683 g/mol. The summed E-state index contributed by atoms with van der Waals surface area (Å²) in [7, 11) is -4.33. The van der Waals surface area contributed by atoms with Crippen molar-refractivity contribution in [3.8, 4) is 0 Å². The third-order valence-corrected chi connectivity index (χ3v) is 8.89. The molecular weight excluding hydrogens is 611 g/mol. The SMILES string of the molecule is CC/C=C\C/C=C\C/C=C\CCCCCCCCCC(=O)NC(COP(=O)(O)OCCN)C(O)/C=C/CCCCCCCCCCC. The van der Waals surface area contributed by atoms with Crippen molar-refractivity contribution < 1.29 is 28.4 Å². The van der Waals surface area contributed by atoms with Crippen LogP contribution < -0.4 is 11.1 Å². The van der Waals surface area contributed by atoms with Gasteiger partial charge in [0.1, 0.15) is 0 Å². The molecule has 0 aromatic carbocycles. The molecular formula is C38H71N2O6P. The van der Waals surface area contributed by atoms with Crippen LogP contribution in [0, 0.1) is 0 Å². The Morgan fingerprint density at radius 1 is 0.723 bits per heavy atom. The fourth-order valence-electron chi connectivity index (χ4n) is 5.09. The maximum atomic E-state index is 12.7. The second kappa shape index (κ2) is 34.3. The summed E-state index contributed by atoms with van der Waals surface area (Å²) < 4.78 is 22.0. The third-order valence-electron chi connectivity index (χ3n) is 7.91. The molecule has 3 atom stereocenters. The zero-order valence-electron chi connectivity index (χ0n) is 30.0. The normalized spacial score (nSPS) is 14.9. The minimum Gasteiger partial charge on any atom is -0.387 e. The number of phosphoric acid groups is 1. The number of hydrogen-bond acceptors (Lipinski definition) is 6. The zero-order chi connectivity index (χ0) is 34.7. The number of carbonyl (C=O) groups is 1. The van der Waals surface area contributed by atoms with E-state index in [2.05, 4.69) is 55.6 Å². The Bertz CT molecular complexity index is 876. The van der Waals surface area contributed by atoms with Gasteiger partial charge in [-0.3, -0.25) is 13.8 Å². The molecule has 0 fully saturated rings. The first-order valence-corrected chi connectivity index (χ1v) is 20.3. The molecule has 0 aliphatic carbocycles. The molecule has 1 amide bonds. The summed E-state index contributed by atoms with van der Waals surface area (Å²) in [6.45, 7) is 3.98. The molecule has 274 valence electrons. The molecule has 0 spiro atoms. The van der Waals surface area contributed by atoms with Crippen molar-refractivity contribution in [3.63, 3.8) is 0 Å². The van der Waals surface area contributed by atoms with E-state index in [0.29, 0.717) is 6.42 Å². The van der Waals surface area contributed by atoms with Gasteiger partial charge in [0.15, 0.2) is 0 Å². The van der Waals surface area contributed by atoms with E-state index in [9.17, 15) is 19.4 Å². The smallest absolute Gasteiger partial charge is 0.387 e. The van der Waals surface area contributed by atoms with Crippen LogP contribution in [-0.4, -0.2) is 47.8 Å². The molecule has 47 heavy (non-hydrogen) atoms. The van der Waals surface area contributed by atoms with E-state index in [4.69, 9.17) is 14.8 Å². The molecule has 0 aliphatic rings. The molecule has 0 bridgehead atoms. The van der Waals surface area contributed by atoms with Crippen molar-refractivity contribution in [2.75, 3.05) is 19.8 Å². The van der Waals surface area contributed by atoms with Gasteiger partial charge >= 0.3 is 7.82 Å². The number of unbranched alkanes of at least 4 members (excludes halogenated alkanes) is 16. The molecule has 0 saturated carbocycles. The van der Waals surface area contributed by atoms with E-state index in [1.54, 1.807) is 6.08 Å². The van der Waals surface area contributed by atoms with Crippen molar-refractivity contribution in [1.29, 1.82) is 0 Å². The lowest BCUT2D eigenvalue weighted by molar-refractivity contribution is -0.123. The van der Waals surface area contributed by atoms with Crippen LogP contribution in [0.5, 0.6) is 0 Å². The average molecular weight is 683 g/mol. The van der Waals surface area contributed by atoms with Crippen molar-refractivity contribution in [1.82, 2.24) is 5.32 Å². The number of allylic oxidation sites excluding steroid dienone is 7. The van der Waals surface area contributed by atoms with Crippen LogP contribution in [0.4, 0.5) is 0 Å². The van der Waals surface area contributed by atoms with E-state index in [-0.39, 0.29) is 25.7 Å². The molecule has 0 aromatic heterocycles. The second-order valence-electron chi connectivity index (χ2n) is 12.4. The van der Waals surface area contributed by atoms with Gasteiger partial charge in [0.25, 0.3) is 0 Å². The highest BCUT2D eigenvalue weighted by Crippen LogP contribution is 2.43. The third kappa shape index (κ3) is 32.8. The minimum absolute atomic E-state index is 0.0749. The standard InChI is InChI=1S/C38H71N2O6P/c1-3-5-7-9-11-13-15-16-17-18-19-20-22-24-26-28-30-32-38(42)40-36(35-46-47(43,44)45-34-33-39)37(41)31-29-27-25-23-21-14-12-10-8-6-4-2/h5,7,11,13,16-17,29,31,36-37,41H,3-4,6,8-10,12,14-15,18-28,30,32-35,39H2,1-2H3,(H,40,42)(H,43,44)/b7-5-,13-11-,17-16-,31-29+. The summed E-state index contributed by atoms with van der Waals surface area (Å²) in [5.41, 5.74) is 5.35. The second-order valence-corrected chi connectivity index (χ2v) is 13.9. The molecule has 0 heterocycles. The van der Waals surface area contributed by atoms with Gasteiger partial charge in [-0.2, -0.15) is 0 Å². The van der Waals surface area contributed by atoms with Crippen molar-refractivity contribution in [2.24, 2.45) is 5.73 Å². The first kappa shape index (κ1) is 45.5. The van der Waals surface area contributed by atoms with E-state index >= 15 is 0 Å². The summed E-state index contributed by atoms with van der Waals surface area (Å²) in [5, 5.41) is 13.6. The minimum atomic E-state index is -4.33. The quantitative estimate of drug-likeness (QED) is 0.0302. The van der Waals surface area contributed by atoms with Gasteiger partial charge in [-0.25, -0.2) is 4.57 Å². The van der Waals surface area contributed by atoms with Gasteiger partial charge in [-0.15, -0.1) is 0 Å². The molecule has 0 rings (SSSR count). The number of rotatable bonds is 34. The number of nitrogens with one attached hydrogen (secondary N) is 1. The van der Waals surface area contributed by atoms with Crippen molar-refractivity contribution >= 4 is 13.7 Å². The maximum Gasteiger partial charge on any atom is 0.472 e.